The quantitative estimate of drug-likeness (QED) is 0.340. The molecule has 0 fully saturated rings. The lowest BCUT2D eigenvalue weighted by atomic mass is 10.2. The second kappa shape index (κ2) is 8.29. The number of aryl methyl sites for hydroxylation is 2. The Kier molecular flexibility index (Phi) is 6.18. The molecule has 0 heterocycles. The van der Waals surface area contributed by atoms with Gasteiger partial charge in [-0.15, -0.1) is 0 Å². The second-order valence-corrected chi connectivity index (χ2v) is 7.25. The number of phosphoric acid groups is 1. The minimum Gasteiger partial charge on any atom is -0.380 e. The zero-order chi connectivity index (χ0) is 23.7. The van der Waals surface area contributed by atoms with E-state index in [-0.39, 0.29) is 11.1 Å². The predicted octanol–water partition coefficient (Wildman–Crippen LogP) is 3.49. The summed E-state index contributed by atoms with van der Waals surface area (Å²) in [6, 6.07) is 3.22. The third-order valence-corrected chi connectivity index (χ3v) is 4.41. The molecule has 2 aromatic rings. The topological polar surface area (TPSA) is 228 Å². The average molecular weight is 458 g/mol. The summed E-state index contributed by atoms with van der Waals surface area (Å²) >= 11 is 0. The van der Waals surface area contributed by atoms with Crippen molar-refractivity contribution in [2.24, 2.45) is 0 Å². The second-order valence-electron chi connectivity index (χ2n) is 5.94. The van der Waals surface area contributed by atoms with Crippen LogP contribution in [-0.4, -0.2) is 24.6 Å². The van der Waals surface area contributed by atoms with Gasteiger partial charge in [-0.05, 0) is 25.0 Å². The molecule has 2 rings (SSSR count). The summed E-state index contributed by atoms with van der Waals surface area (Å²) < 4.78 is 21.5. The largest absolute Gasteiger partial charge is 0.585 e. The maximum absolute atomic E-state index is 12.4. The van der Waals surface area contributed by atoms with Crippen molar-refractivity contribution >= 4 is 30.6 Å². The van der Waals surface area contributed by atoms with Crippen LogP contribution >= 0.6 is 7.82 Å². The van der Waals surface area contributed by atoms with E-state index in [4.69, 9.17) is 0 Å². The standard InChI is InChI=1S/C14H11N4O12P/c1-7-3-9(15(19)20)13(10(4-7)16(21)22)29-31(27,28)30-14-11(17(23)24)5-8(2)6-12(14)18(25)26/h3-6H,1-2H3,(H,27,28). The molecule has 164 valence electrons. The number of benzene rings is 2. The van der Waals surface area contributed by atoms with Crippen LogP contribution in [0.4, 0.5) is 22.7 Å². The van der Waals surface area contributed by atoms with Crippen LogP contribution in [0.1, 0.15) is 11.1 Å². The fourth-order valence-corrected chi connectivity index (χ4v) is 3.32. The van der Waals surface area contributed by atoms with Gasteiger partial charge in [0.15, 0.2) is 0 Å². The van der Waals surface area contributed by atoms with Gasteiger partial charge in [0.2, 0.25) is 0 Å². The summed E-state index contributed by atoms with van der Waals surface area (Å²) in [6.07, 6.45) is 0. The molecule has 16 nitrogen and oxygen atoms in total. The molecular formula is C14H11N4O12P. The van der Waals surface area contributed by atoms with Crippen LogP contribution in [0.25, 0.3) is 0 Å². The molecule has 0 atom stereocenters. The zero-order valence-electron chi connectivity index (χ0n) is 15.5. The first-order chi connectivity index (χ1) is 14.2. The Morgan fingerprint density at radius 1 is 0.677 bits per heavy atom. The van der Waals surface area contributed by atoms with E-state index in [9.17, 15) is 49.9 Å². The van der Waals surface area contributed by atoms with Crippen LogP contribution in [0, 0.1) is 54.3 Å². The molecule has 0 unspecified atom stereocenters. The summed E-state index contributed by atoms with van der Waals surface area (Å²) in [5, 5.41) is 44.9. The molecule has 0 saturated carbocycles. The molecule has 0 spiro atoms. The van der Waals surface area contributed by atoms with Crippen molar-refractivity contribution in [3.05, 3.63) is 75.8 Å². The van der Waals surface area contributed by atoms with Crippen LogP contribution in [-0.2, 0) is 4.57 Å². The summed E-state index contributed by atoms with van der Waals surface area (Å²) in [5.74, 6) is -2.55. The van der Waals surface area contributed by atoms with Gasteiger partial charge in [0.05, 0.1) is 19.7 Å². The molecule has 2 aromatic carbocycles. The third-order valence-electron chi connectivity index (χ3n) is 3.59. The van der Waals surface area contributed by atoms with Crippen LogP contribution < -0.4 is 9.05 Å². The lowest BCUT2D eigenvalue weighted by Gasteiger charge is -2.14. The maximum Gasteiger partial charge on any atom is 0.585 e. The van der Waals surface area contributed by atoms with Crippen molar-refractivity contribution in [1.82, 2.24) is 0 Å². The van der Waals surface area contributed by atoms with Crippen LogP contribution in [0.15, 0.2) is 24.3 Å². The molecular weight excluding hydrogens is 447 g/mol. The summed E-state index contributed by atoms with van der Waals surface area (Å²) in [4.78, 5) is 50.4. The van der Waals surface area contributed by atoms with Gasteiger partial charge < -0.3 is 9.05 Å². The third kappa shape index (κ3) is 5.06. The fraction of sp³-hybridized carbons (Fsp3) is 0.143. The van der Waals surface area contributed by atoms with Gasteiger partial charge in [-0.25, -0.2) is 4.57 Å². The predicted molar refractivity (Wildman–Crippen MR) is 100 cm³/mol. The Bertz CT molecular complexity index is 1020. The fourth-order valence-electron chi connectivity index (χ4n) is 2.45. The summed E-state index contributed by atoms with van der Waals surface area (Å²) in [5.41, 5.74) is -4.20. The Morgan fingerprint density at radius 3 is 1.10 bits per heavy atom. The van der Waals surface area contributed by atoms with Crippen molar-refractivity contribution in [1.29, 1.82) is 0 Å². The van der Waals surface area contributed by atoms with Crippen molar-refractivity contribution in [2.45, 2.75) is 13.8 Å². The highest BCUT2D eigenvalue weighted by molar-refractivity contribution is 7.48. The first-order valence-electron chi connectivity index (χ1n) is 7.82. The molecule has 0 aliphatic rings. The molecule has 0 aliphatic carbocycles. The highest BCUT2D eigenvalue weighted by Crippen LogP contribution is 2.53. The van der Waals surface area contributed by atoms with Crippen molar-refractivity contribution in [3.63, 3.8) is 0 Å². The van der Waals surface area contributed by atoms with Crippen LogP contribution in [0.2, 0.25) is 0 Å². The minimum atomic E-state index is -5.65. The number of nitro groups is 4. The SMILES string of the molecule is Cc1cc([N+](=O)[O-])c(OP(=O)(O)Oc2c([N+](=O)[O-])cc(C)cc2[N+](=O)[O-])c([N+](=O)[O-])c1. The van der Waals surface area contributed by atoms with Gasteiger partial charge in [-0.3, -0.25) is 45.4 Å². The van der Waals surface area contributed by atoms with E-state index in [1.54, 1.807) is 0 Å². The van der Waals surface area contributed by atoms with Crippen LogP contribution in [0.5, 0.6) is 11.5 Å². The number of rotatable bonds is 8. The number of hydrogen-bond donors (Lipinski definition) is 1. The molecule has 0 aromatic heterocycles. The van der Waals surface area contributed by atoms with E-state index >= 15 is 0 Å². The Labute approximate surface area is 170 Å². The minimum absolute atomic E-state index is 0.0456. The average Bonchev–Trinajstić information content (AvgIpc) is 2.62. The summed E-state index contributed by atoms with van der Waals surface area (Å²) in [7, 11) is -5.65. The Morgan fingerprint density at radius 2 is 0.903 bits per heavy atom. The van der Waals surface area contributed by atoms with E-state index in [2.05, 4.69) is 9.05 Å². The monoisotopic (exact) mass is 458 g/mol. The lowest BCUT2D eigenvalue weighted by Crippen LogP contribution is -2.07. The first kappa shape index (κ1) is 23.1. The van der Waals surface area contributed by atoms with E-state index in [1.807, 2.05) is 0 Å². The van der Waals surface area contributed by atoms with E-state index < -0.39 is 61.8 Å². The molecule has 31 heavy (non-hydrogen) atoms. The number of hydrogen-bond acceptors (Lipinski definition) is 11. The van der Waals surface area contributed by atoms with Crippen molar-refractivity contribution in [3.8, 4) is 11.5 Å². The van der Waals surface area contributed by atoms with Gasteiger partial charge in [-0.1, -0.05) is 0 Å². The summed E-state index contributed by atoms with van der Waals surface area (Å²) in [6.45, 7) is 2.55. The molecule has 0 aliphatic heterocycles. The zero-order valence-corrected chi connectivity index (χ0v) is 16.4. The molecule has 0 amide bonds. The van der Waals surface area contributed by atoms with E-state index in [0.29, 0.717) is 0 Å². The smallest absolute Gasteiger partial charge is 0.380 e. The van der Waals surface area contributed by atoms with Crippen LogP contribution in [0.3, 0.4) is 0 Å². The lowest BCUT2D eigenvalue weighted by molar-refractivity contribution is -0.395. The molecule has 0 bridgehead atoms. The highest BCUT2D eigenvalue weighted by Gasteiger charge is 2.40. The molecule has 0 saturated heterocycles. The first-order valence-corrected chi connectivity index (χ1v) is 9.32. The Hall–Kier alpha value is -4.17. The van der Waals surface area contributed by atoms with E-state index in [1.165, 1.54) is 13.8 Å². The number of phosphoric ester groups is 1. The van der Waals surface area contributed by atoms with Gasteiger partial charge >= 0.3 is 30.6 Å². The number of nitro benzene ring substituents is 4. The molecule has 0 radical (unpaired) electrons. The van der Waals surface area contributed by atoms with Gasteiger partial charge in [0, 0.05) is 24.3 Å². The normalized spacial score (nSPS) is 10.9. The molecule has 1 N–H and O–H groups in total. The highest BCUT2D eigenvalue weighted by atomic mass is 31.2. The van der Waals surface area contributed by atoms with Gasteiger partial charge in [0.25, 0.3) is 11.5 Å². The Balaban J connectivity index is 2.64. The van der Waals surface area contributed by atoms with E-state index in [0.717, 1.165) is 24.3 Å². The van der Waals surface area contributed by atoms with Crippen molar-refractivity contribution in [2.75, 3.05) is 0 Å². The molecule has 17 heteroatoms. The van der Waals surface area contributed by atoms with Crippen molar-refractivity contribution < 1.29 is 38.2 Å². The number of nitrogens with zero attached hydrogens (tertiary/aromatic N) is 4. The van der Waals surface area contributed by atoms with Gasteiger partial charge in [0.1, 0.15) is 0 Å². The van der Waals surface area contributed by atoms with Gasteiger partial charge in [-0.2, -0.15) is 0 Å². The maximum atomic E-state index is 12.4.